The topological polar surface area (TPSA) is 76.7 Å². The van der Waals surface area contributed by atoms with Crippen molar-refractivity contribution in [2.45, 2.75) is 13.0 Å². The number of amides is 1. The molecule has 94 valence electrons. The van der Waals surface area contributed by atoms with Crippen molar-refractivity contribution in [2.75, 3.05) is 32.9 Å². The second-order valence-electron chi connectivity index (χ2n) is 3.10. The highest BCUT2D eigenvalue weighted by molar-refractivity contribution is 5.86. The number of morpholine rings is 1. The molecule has 1 aliphatic rings. The van der Waals surface area contributed by atoms with Crippen LogP contribution in [-0.2, 0) is 19.1 Å². The average Bonchev–Trinajstić information content (AvgIpc) is 2.27. The molecule has 1 heterocycles. The maximum Gasteiger partial charge on any atom is 0.325 e. The van der Waals surface area contributed by atoms with E-state index in [1.807, 2.05) is 0 Å². The third-order valence-corrected chi connectivity index (χ3v) is 1.95. The molecule has 1 fully saturated rings. The highest BCUT2D eigenvalue weighted by Crippen LogP contribution is 1.92. The Labute approximate surface area is 100 Å². The first-order chi connectivity index (χ1) is 7.24. The maximum absolute atomic E-state index is 11.4. The molecule has 0 saturated carbocycles. The van der Waals surface area contributed by atoms with Gasteiger partial charge in [0.05, 0.1) is 19.8 Å². The van der Waals surface area contributed by atoms with Gasteiger partial charge in [-0.1, -0.05) is 0 Å². The number of nitrogens with one attached hydrogen (secondary N) is 2. The molecule has 16 heavy (non-hydrogen) atoms. The quantitative estimate of drug-likeness (QED) is 0.633. The van der Waals surface area contributed by atoms with Crippen molar-refractivity contribution in [3.8, 4) is 0 Å². The Kier molecular flexibility index (Phi) is 7.88. The lowest BCUT2D eigenvalue weighted by atomic mass is 10.2. The maximum atomic E-state index is 11.4. The van der Waals surface area contributed by atoms with Gasteiger partial charge in [-0.15, -0.1) is 12.4 Å². The van der Waals surface area contributed by atoms with Gasteiger partial charge < -0.3 is 20.1 Å². The van der Waals surface area contributed by atoms with Crippen LogP contribution in [0.5, 0.6) is 0 Å². The molecule has 1 unspecified atom stereocenters. The molecular weight excluding hydrogens is 236 g/mol. The minimum Gasteiger partial charge on any atom is -0.465 e. The van der Waals surface area contributed by atoms with Crippen molar-refractivity contribution in [2.24, 2.45) is 0 Å². The average molecular weight is 253 g/mol. The zero-order chi connectivity index (χ0) is 11.1. The minimum atomic E-state index is -0.428. The Hall–Kier alpha value is -0.850. The van der Waals surface area contributed by atoms with E-state index < -0.39 is 5.97 Å². The number of ether oxygens (including phenoxy) is 2. The van der Waals surface area contributed by atoms with Gasteiger partial charge in [0.2, 0.25) is 5.91 Å². The van der Waals surface area contributed by atoms with Crippen LogP contribution in [0, 0.1) is 0 Å². The van der Waals surface area contributed by atoms with Gasteiger partial charge in [0, 0.05) is 6.54 Å². The van der Waals surface area contributed by atoms with Gasteiger partial charge in [0.1, 0.15) is 12.6 Å². The van der Waals surface area contributed by atoms with E-state index in [9.17, 15) is 9.59 Å². The first-order valence-corrected chi connectivity index (χ1v) is 4.98. The predicted molar refractivity (Wildman–Crippen MR) is 59.5 cm³/mol. The molecular formula is C9H17ClN2O4. The molecule has 0 radical (unpaired) electrons. The zero-order valence-corrected chi connectivity index (χ0v) is 9.97. The lowest BCUT2D eigenvalue weighted by Crippen LogP contribution is -2.52. The van der Waals surface area contributed by atoms with Gasteiger partial charge >= 0.3 is 5.97 Å². The lowest BCUT2D eigenvalue weighted by Gasteiger charge is -2.22. The predicted octanol–water partition coefficient (Wildman–Crippen LogP) is -0.924. The molecule has 7 heteroatoms. The Morgan fingerprint density at radius 2 is 2.31 bits per heavy atom. The third-order valence-electron chi connectivity index (χ3n) is 1.95. The molecule has 2 N–H and O–H groups in total. The van der Waals surface area contributed by atoms with Crippen LogP contribution in [0.3, 0.4) is 0 Å². The first kappa shape index (κ1) is 15.2. The highest BCUT2D eigenvalue weighted by Gasteiger charge is 2.21. The number of hydrogen-bond acceptors (Lipinski definition) is 5. The second kappa shape index (κ2) is 8.32. The minimum absolute atomic E-state index is 0. The molecule has 0 aromatic heterocycles. The van der Waals surface area contributed by atoms with Crippen LogP contribution in [-0.4, -0.2) is 50.8 Å². The van der Waals surface area contributed by atoms with Crippen LogP contribution in [0.4, 0.5) is 0 Å². The molecule has 1 atom stereocenters. The van der Waals surface area contributed by atoms with Gasteiger partial charge in [0.25, 0.3) is 0 Å². The standard InChI is InChI=1S/C9H16N2O4.ClH/c1-2-15-8(12)5-11-9(13)7-6-14-4-3-10-7;/h7,10H,2-6H2,1H3,(H,11,13);1H. The van der Waals surface area contributed by atoms with Gasteiger partial charge in [-0.05, 0) is 6.92 Å². The summed E-state index contributed by atoms with van der Waals surface area (Å²) < 4.78 is 9.79. The molecule has 0 aliphatic carbocycles. The molecule has 1 saturated heterocycles. The summed E-state index contributed by atoms with van der Waals surface area (Å²) in [5, 5.41) is 5.47. The van der Waals surface area contributed by atoms with Crippen LogP contribution < -0.4 is 10.6 Å². The fourth-order valence-corrected chi connectivity index (χ4v) is 1.23. The van der Waals surface area contributed by atoms with Crippen molar-refractivity contribution in [1.82, 2.24) is 10.6 Å². The van der Waals surface area contributed by atoms with Crippen molar-refractivity contribution in [3.63, 3.8) is 0 Å². The third kappa shape index (κ3) is 5.29. The van der Waals surface area contributed by atoms with Gasteiger partial charge in [0.15, 0.2) is 0 Å². The Morgan fingerprint density at radius 1 is 1.56 bits per heavy atom. The number of hydrogen-bond donors (Lipinski definition) is 2. The second-order valence-corrected chi connectivity index (χ2v) is 3.10. The monoisotopic (exact) mass is 252 g/mol. The van der Waals surface area contributed by atoms with Crippen LogP contribution in [0.1, 0.15) is 6.92 Å². The molecule has 0 aromatic rings. The normalized spacial score (nSPS) is 19.4. The summed E-state index contributed by atoms with van der Waals surface area (Å²) in [6, 6.07) is -0.367. The lowest BCUT2D eigenvalue weighted by molar-refractivity contribution is -0.143. The van der Waals surface area contributed by atoms with Gasteiger partial charge in [-0.2, -0.15) is 0 Å². The Bertz CT molecular complexity index is 232. The largest absolute Gasteiger partial charge is 0.465 e. The summed E-state index contributed by atoms with van der Waals surface area (Å²) in [6.45, 7) is 3.55. The summed E-state index contributed by atoms with van der Waals surface area (Å²) >= 11 is 0. The number of rotatable bonds is 4. The van der Waals surface area contributed by atoms with Crippen LogP contribution in [0.15, 0.2) is 0 Å². The van der Waals surface area contributed by atoms with E-state index in [2.05, 4.69) is 15.4 Å². The molecule has 6 nitrogen and oxygen atoms in total. The van der Waals surface area contributed by atoms with E-state index >= 15 is 0 Å². The van der Waals surface area contributed by atoms with Crippen LogP contribution in [0.2, 0.25) is 0 Å². The van der Waals surface area contributed by atoms with Gasteiger partial charge in [-0.25, -0.2) is 0 Å². The van der Waals surface area contributed by atoms with Crippen LogP contribution >= 0.6 is 12.4 Å². The number of carbonyl (C=O) groups excluding carboxylic acids is 2. The fraction of sp³-hybridized carbons (Fsp3) is 0.778. The fourth-order valence-electron chi connectivity index (χ4n) is 1.23. The highest BCUT2D eigenvalue weighted by atomic mass is 35.5. The zero-order valence-electron chi connectivity index (χ0n) is 9.15. The Balaban J connectivity index is 0.00000225. The first-order valence-electron chi connectivity index (χ1n) is 4.98. The van der Waals surface area contributed by atoms with Crippen molar-refractivity contribution in [3.05, 3.63) is 0 Å². The summed E-state index contributed by atoms with van der Waals surface area (Å²) in [4.78, 5) is 22.4. The summed E-state index contributed by atoms with van der Waals surface area (Å²) in [6.07, 6.45) is 0. The van der Waals surface area contributed by atoms with E-state index in [1.54, 1.807) is 6.92 Å². The molecule has 1 aliphatic heterocycles. The SMILES string of the molecule is CCOC(=O)CNC(=O)C1COCCN1.Cl. The van der Waals surface area contributed by atoms with E-state index in [1.165, 1.54) is 0 Å². The number of carbonyl (C=O) groups is 2. The molecule has 0 spiro atoms. The van der Waals surface area contributed by atoms with E-state index in [0.29, 0.717) is 26.4 Å². The molecule has 1 amide bonds. The van der Waals surface area contributed by atoms with E-state index in [-0.39, 0.29) is 30.9 Å². The van der Waals surface area contributed by atoms with E-state index in [4.69, 9.17) is 4.74 Å². The summed E-state index contributed by atoms with van der Waals surface area (Å²) in [5.41, 5.74) is 0. The number of esters is 1. The summed E-state index contributed by atoms with van der Waals surface area (Å²) in [5.74, 6) is -0.662. The number of halogens is 1. The summed E-state index contributed by atoms with van der Waals surface area (Å²) in [7, 11) is 0. The van der Waals surface area contributed by atoms with Crippen molar-refractivity contribution in [1.29, 1.82) is 0 Å². The van der Waals surface area contributed by atoms with Gasteiger partial charge in [-0.3, -0.25) is 9.59 Å². The Morgan fingerprint density at radius 3 is 2.88 bits per heavy atom. The van der Waals surface area contributed by atoms with Crippen molar-refractivity contribution < 1.29 is 19.1 Å². The smallest absolute Gasteiger partial charge is 0.325 e. The van der Waals surface area contributed by atoms with Crippen molar-refractivity contribution >= 4 is 24.3 Å². The molecule has 0 bridgehead atoms. The molecule has 0 aromatic carbocycles. The van der Waals surface area contributed by atoms with E-state index in [0.717, 1.165) is 0 Å². The van der Waals surface area contributed by atoms with Crippen LogP contribution in [0.25, 0.3) is 0 Å². The molecule has 1 rings (SSSR count).